The van der Waals surface area contributed by atoms with Crippen molar-refractivity contribution in [2.45, 2.75) is 25.6 Å². The summed E-state index contributed by atoms with van der Waals surface area (Å²) in [5.74, 6) is -0.131. The predicted octanol–water partition coefficient (Wildman–Crippen LogP) is 2.58. The van der Waals surface area contributed by atoms with Crippen LogP contribution in [0.15, 0.2) is 67.0 Å². The van der Waals surface area contributed by atoms with E-state index in [4.69, 9.17) is 0 Å². The number of carbonyl (C=O) groups is 2. The topological polar surface area (TPSA) is 65.5 Å². The van der Waals surface area contributed by atoms with Crippen molar-refractivity contribution in [3.8, 4) is 0 Å². The van der Waals surface area contributed by atoms with Gasteiger partial charge in [-0.15, -0.1) is 0 Å². The van der Waals surface area contributed by atoms with Crippen LogP contribution >= 0.6 is 0 Å². The zero-order valence-electron chi connectivity index (χ0n) is 17.1. The van der Waals surface area contributed by atoms with Gasteiger partial charge in [0, 0.05) is 45.6 Å². The third-order valence-corrected chi connectivity index (χ3v) is 5.63. The zero-order valence-corrected chi connectivity index (χ0v) is 17.1. The Morgan fingerprint density at radius 3 is 2.83 bits per heavy atom. The molecular formula is C24H26N4O2. The van der Waals surface area contributed by atoms with E-state index in [0.29, 0.717) is 19.6 Å². The Labute approximate surface area is 176 Å². The first kappa shape index (κ1) is 20.0. The number of nitrogens with one attached hydrogen (secondary N) is 1. The van der Waals surface area contributed by atoms with Gasteiger partial charge in [0.15, 0.2) is 0 Å². The molecule has 2 aromatic carbocycles. The highest BCUT2D eigenvalue weighted by Crippen LogP contribution is 2.22. The summed E-state index contributed by atoms with van der Waals surface area (Å²) in [4.78, 5) is 33.4. The first-order valence-corrected chi connectivity index (χ1v) is 10.2. The molecule has 1 saturated heterocycles. The molecular weight excluding hydrogens is 376 g/mol. The van der Waals surface area contributed by atoms with Crippen LogP contribution in [0.5, 0.6) is 0 Å². The van der Waals surface area contributed by atoms with Crippen LogP contribution in [0, 0.1) is 0 Å². The summed E-state index contributed by atoms with van der Waals surface area (Å²) in [5.41, 5.74) is 2.14. The zero-order chi connectivity index (χ0) is 20.9. The predicted molar refractivity (Wildman–Crippen MR) is 116 cm³/mol. The smallest absolute Gasteiger partial charge is 0.237 e. The second-order valence-electron chi connectivity index (χ2n) is 7.73. The third kappa shape index (κ3) is 4.49. The molecule has 1 aliphatic rings. The summed E-state index contributed by atoms with van der Waals surface area (Å²) >= 11 is 0. The van der Waals surface area contributed by atoms with Crippen molar-refractivity contribution in [3.05, 3.63) is 78.1 Å². The Hall–Kier alpha value is -3.25. The summed E-state index contributed by atoms with van der Waals surface area (Å²) in [6.45, 7) is 2.43. The van der Waals surface area contributed by atoms with E-state index in [2.05, 4.69) is 39.5 Å². The van der Waals surface area contributed by atoms with Crippen LogP contribution in [-0.4, -0.2) is 52.8 Å². The highest BCUT2D eigenvalue weighted by Gasteiger charge is 2.32. The van der Waals surface area contributed by atoms with Gasteiger partial charge in [0.1, 0.15) is 0 Å². The van der Waals surface area contributed by atoms with Gasteiger partial charge in [0.25, 0.3) is 0 Å². The number of amides is 2. The van der Waals surface area contributed by atoms with Crippen LogP contribution in [0.25, 0.3) is 10.8 Å². The Balaban J connectivity index is 1.48. The highest BCUT2D eigenvalue weighted by molar-refractivity contribution is 5.89. The lowest BCUT2D eigenvalue weighted by atomic mass is 10.0. The fourth-order valence-electron chi connectivity index (χ4n) is 4.00. The number of nitrogens with zero attached hydrogens (tertiary/aromatic N) is 3. The second-order valence-corrected chi connectivity index (χ2v) is 7.73. The molecule has 1 aliphatic heterocycles. The van der Waals surface area contributed by atoms with Gasteiger partial charge in [-0.1, -0.05) is 48.5 Å². The lowest BCUT2D eigenvalue weighted by Gasteiger charge is -2.35. The Kier molecular flexibility index (Phi) is 6.05. The van der Waals surface area contributed by atoms with Crippen molar-refractivity contribution < 1.29 is 9.59 Å². The first-order chi connectivity index (χ1) is 14.6. The van der Waals surface area contributed by atoms with Crippen LogP contribution in [0.4, 0.5) is 0 Å². The van der Waals surface area contributed by atoms with Crippen LogP contribution in [-0.2, 0) is 22.7 Å². The van der Waals surface area contributed by atoms with Gasteiger partial charge < -0.3 is 10.2 Å². The molecule has 2 heterocycles. The molecule has 0 radical (unpaired) electrons. The molecule has 1 atom stereocenters. The standard InChI is InChI=1S/C24H26N4O2/c1-27(16-18-6-5-11-25-15-18)23(29)14-22-24(30)26-12-13-28(22)17-20-9-4-8-19-7-2-3-10-21(19)20/h2-11,15,22H,12-14,16-17H2,1H3,(H,26,30). The number of pyridine rings is 1. The van der Waals surface area contributed by atoms with Gasteiger partial charge in [-0.3, -0.25) is 19.5 Å². The maximum Gasteiger partial charge on any atom is 0.237 e. The average molecular weight is 402 g/mol. The number of hydrogen-bond donors (Lipinski definition) is 1. The molecule has 2 amide bonds. The normalized spacial score (nSPS) is 17.0. The SMILES string of the molecule is CN(Cc1cccnc1)C(=O)CC1C(=O)NCCN1Cc1cccc2ccccc12. The highest BCUT2D eigenvalue weighted by atomic mass is 16.2. The van der Waals surface area contributed by atoms with E-state index in [1.54, 1.807) is 24.3 Å². The fourth-order valence-corrected chi connectivity index (χ4v) is 4.00. The molecule has 154 valence electrons. The summed E-state index contributed by atoms with van der Waals surface area (Å²) in [7, 11) is 1.77. The molecule has 3 aromatic rings. The van der Waals surface area contributed by atoms with Gasteiger partial charge >= 0.3 is 0 Å². The van der Waals surface area contributed by atoms with E-state index in [9.17, 15) is 9.59 Å². The van der Waals surface area contributed by atoms with Crippen molar-refractivity contribution in [1.82, 2.24) is 20.1 Å². The molecule has 4 rings (SSSR count). The van der Waals surface area contributed by atoms with Gasteiger partial charge in [-0.05, 0) is 28.0 Å². The van der Waals surface area contributed by atoms with Crippen molar-refractivity contribution >= 4 is 22.6 Å². The number of carbonyl (C=O) groups excluding carboxylic acids is 2. The molecule has 1 fully saturated rings. The largest absolute Gasteiger partial charge is 0.353 e. The molecule has 0 bridgehead atoms. The van der Waals surface area contributed by atoms with Crippen molar-refractivity contribution in [1.29, 1.82) is 0 Å². The Bertz CT molecular complexity index is 1030. The monoisotopic (exact) mass is 402 g/mol. The Morgan fingerprint density at radius 1 is 1.17 bits per heavy atom. The number of hydrogen-bond acceptors (Lipinski definition) is 4. The maximum atomic E-state index is 12.9. The molecule has 1 unspecified atom stereocenters. The van der Waals surface area contributed by atoms with Gasteiger partial charge in [0.2, 0.25) is 11.8 Å². The molecule has 6 heteroatoms. The molecule has 0 saturated carbocycles. The van der Waals surface area contributed by atoms with Crippen LogP contribution in [0.2, 0.25) is 0 Å². The second kappa shape index (κ2) is 9.05. The van der Waals surface area contributed by atoms with Crippen LogP contribution in [0.3, 0.4) is 0 Å². The molecule has 6 nitrogen and oxygen atoms in total. The van der Waals surface area contributed by atoms with Crippen molar-refractivity contribution in [3.63, 3.8) is 0 Å². The molecule has 0 aliphatic carbocycles. The summed E-state index contributed by atoms with van der Waals surface area (Å²) < 4.78 is 0. The van der Waals surface area contributed by atoms with E-state index in [0.717, 1.165) is 12.1 Å². The van der Waals surface area contributed by atoms with Gasteiger partial charge in [-0.25, -0.2) is 0 Å². The van der Waals surface area contributed by atoms with E-state index in [1.165, 1.54) is 16.3 Å². The van der Waals surface area contributed by atoms with Crippen LogP contribution < -0.4 is 5.32 Å². The maximum absolute atomic E-state index is 12.9. The number of fused-ring (bicyclic) bond motifs is 1. The fraction of sp³-hybridized carbons (Fsp3) is 0.292. The van der Waals surface area contributed by atoms with Gasteiger partial charge in [-0.2, -0.15) is 0 Å². The number of rotatable bonds is 6. The molecule has 1 aromatic heterocycles. The lowest BCUT2D eigenvalue weighted by Crippen LogP contribution is -2.56. The summed E-state index contributed by atoms with van der Waals surface area (Å²) in [6, 6.07) is 17.8. The van der Waals surface area contributed by atoms with Gasteiger partial charge in [0.05, 0.1) is 12.5 Å². The number of benzene rings is 2. The van der Waals surface area contributed by atoms with E-state index in [1.807, 2.05) is 30.3 Å². The van der Waals surface area contributed by atoms with E-state index in [-0.39, 0.29) is 18.2 Å². The van der Waals surface area contributed by atoms with Crippen molar-refractivity contribution in [2.75, 3.05) is 20.1 Å². The lowest BCUT2D eigenvalue weighted by molar-refractivity contribution is -0.138. The third-order valence-electron chi connectivity index (χ3n) is 5.63. The minimum Gasteiger partial charge on any atom is -0.353 e. The molecule has 0 spiro atoms. The first-order valence-electron chi connectivity index (χ1n) is 10.2. The number of aromatic nitrogens is 1. The number of piperazine rings is 1. The summed E-state index contributed by atoms with van der Waals surface area (Å²) in [5, 5.41) is 5.28. The van der Waals surface area contributed by atoms with Crippen LogP contribution in [0.1, 0.15) is 17.5 Å². The van der Waals surface area contributed by atoms with E-state index < -0.39 is 6.04 Å². The molecule has 1 N–H and O–H groups in total. The minimum atomic E-state index is -0.471. The molecule has 30 heavy (non-hydrogen) atoms. The van der Waals surface area contributed by atoms with E-state index >= 15 is 0 Å². The minimum absolute atomic E-state index is 0.0520. The quantitative estimate of drug-likeness (QED) is 0.688. The Morgan fingerprint density at radius 2 is 2.00 bits per heavy atom. The summed E-state index contributed by atoms with van der Waals surface area (Å²) in [6.07, 6.45) is 3.63. The van der Waals surface area contributed by atoms with Crippen molar-refractivity contribution in [2.24, 2.45) is 0 Å². The average Bonchev–Trinajstić information content (AvgIpc) is 2.77.